The SMILES string of the molecule is Nc1ccc(N2CCCCCC2CO)c(C(F)(F)F)c1. The van der Waals surface area contributed by atoms with Gasteiger partial charge < -0.3 is 15.7 Å². The van der Waals surface area contributed by atoms with Crippen LogP contribution < -0.4 is 10.6 Å². The van der Waals surface area contributed by atoms with E-state index in [-0.39, 0.29) is 24.0 Å². The Labute approximate surface area is 116 Å². The summed E-state index contributed by atoms with van der Waals surface area (Å²) in [5, 5.41) is 9.45. The molecule has 1 aromatic rings. The van der Waals surface area contributed by atoms with Gasteiger partial charge in [-0.1, -0.05) is 12.8 Å². The number of nitrogens with zero attached hydrogens (tertiary/aromatic N) is 1. The highest BCUT2D eigenvalue weighted by atomic mass is 19.4. The van der Waals surface area contributed by atoms with Crippen molar-refractivity contribution in [2.75, 3.05) is 23.8 Å². The van der Waals surface area contributed by atoms with Crippen LogP contribution in [0.15, 0.2) is 18.2 Å². The molecule has 1 heterocycles. The lowest BCUT2D eigenvalue weighted by molar-refractivity contribution is -0.137. The van der Waals surface area contributed by atoms with Gasteiger partial charge in [0.25, 0.3) is 0 Å². The average Bonchev–Trinajstić information content (AvgIpc) is 2.62. The third-order valence-electron chi connectivity index (χ3n) is 3.72. The van der Waals surface area contributed by atoms with Crippen molar-refractivity contribution < 1.29 is 18.3 Å². The summed E-state index contributed by atoms with van der Waals surface area (Å²) < 4.78 is 39.5. The van der Waals surface area contributed by atoms with E-state index in [0.29, 0.717) is 13.0 Å². The molecule has 0 radical (unpaired) electrons. The molecule has 2 rings (SSSR count). The molecule has 1 unspecified atom stereocenters. The van der Waals surface area contributed by atoms with Crippen molar-refractivity contribution in [3.05, 3.63) is 23.8 Å². The van der Waals surface area contributed by atoms with Crippen LogP contribution in [0.4, 0.5) is 24.5 Å². The van der Waals surface area contributed by atoms with Crippen LogP contribution in [0.3, 0.4) is 0 Å². The molecule has 112 valence electrons. The number of benzene rings is 1. The van der Waals surface area contributed by atoms with Crippen LogP contribution in [0.1, 0.15) is 31.2 Å². The standard InChI is InChI=1S/C14H19F3N2O/c15-14(16,17)12-8-10(18)5-6-13(12)19-7-3-1-2-4-11(19)9-20/h5-6,8,11,20H,1-4,7,9,18H2. The minimum atomic E-state index is -4.45. The first-order chi connectivity index (χ1) is 9.43. The third-order valence-corrected chi connectivity index (χ3v) is 3.72. The molecule has 3 nitrogen and oxygen atoms in total. The number of aliphatic hydroxyl groups excluding tert-OH is 1. The molecule has 0 spiro atoms. The molecule has 0 aliphatic carbocycles. The second-order valence-corrected chi connectivity index (χ2v) is 5.15. The second kappa shape index (κ2) is 5.91. The van der Waals surface area contributed by atoms with Gasteiger partial charge in [-0.25, -0.2) is 0 Å². The summed E-state index contributed by atoms with van der Waals surface area (Å²) in [6, 6.07) is 3.59. The van der Waals surface area contributed by atoms with Gasteiger partial charge >= 0.3 is 6.18 Å². The number of nitrogens with two attached hydrogens (primary N) is 1. The average molecular weight is 288 g/mol. The fourth-order valence-electron chi connectivity index (χ4n) is 2.72. The van der Waals surface area contributed by atoms with Crippen LogP contribution in [0, 0.1) is 0 Å². The Balaban J connectivity index is 2.44. The van der Waals surface area contributed by atoms with Gasteiger partial charge in [-0.3, -0.25) is 0 Å². The van der Waals surface area contributed by atoms with Crippen LogP contribution in [-0.2, 0) is 6.18 Å². The lowest BCUT2D eigenvalue weighted by Crippen LogP contribution is -2.38. The molecule has 1 atom stereocenters. The van der Waals surface area contributed by atoms with E-state index in [2.05, 4.69) is 0 Å². The van der Waals surface area contributed by atoms with Crippen molar-refractivity contribution in [1.29, 1.82) is 0 Å². The monoisotopic (exact) mass is 288 g/mol. The smallest absolute Gasteiger partial charge is 0.399 e. The number of alkyl halides is 3. The fourth-order valence-corrected chi connectivity index (χ4v) is 2.72. The molecule has 1 aromatic carbocycles. The first-order valence-corrected chi connectivity index (χ1v) is 6.77. The van der Waals surface area contributed by atoms with Gasteiger partial charge in [-0.15, -0.1) is 0 Å². The Kier molecular flexibility index (Phi) is 4.42. The summed E-state index contributed by atoms with van der Waals surface area (Å²) >= 11 is 0. The van der Waals surface area contributed by atoms with E-state index in [1.54, 1.807) is 4.90 Å². The maximum Gasteiger partial charge on any atom is 0.418 e. The number of hydrogen-bond donors (Lipinski definition) is 2. The largest absolute Gasteiger partial charge is 0.418 e. The topological polar surface area (TPSA) is 49.5 Å². The van der Waals surface area contributed by atoms with Crippen molar-refractivity contribution in [2.24, 2.45) is 0 Å². The van der Waals surface area contributed by atoms with Crippen molar-refractivity contribution >= 4 is 11.4 Å². The Morgan fingerprint density at radius 2 is 2.00 bits per heavy atom. The molecule has 1 fully saturated rings. The molecule has 3 N–H and O–H groups in total. The highest BCUT2D eigenvalue weighted by Gasteiger charge is 2.36. The summed E-state index contributed by atoms with van der Waals surface area (Å²) in [7, 11) is 0. The zero-order valence-corrected chi connectivity index (χ0v) is 11.2. The van der Waals surface area contributed by atoms with E-state index < -0.39 is 11.7 Å². The molecule has 0 bridgehead atoms. The predicted molar refractivity (Wildman–Crippen MR) is 72.5 cm³/mol. The van der Waals surface area contributed by atoms with Gasteiger partial charge in [0, 0.05) is 17.9 Å². The molecule has 1 aliphatic heterocycles. The van der Waals surface area contributed by atoms with E-state index in [1.807, 2.05) is 0 Å². The predicted octanol–water partition coefficient (Wildman–Crippen LogP) is 3.03. The van der Waals surface area contributed by atoms with Gasteiger partial charge in [0.15, 0.2) is 0 Å². The summed E-state index contributed by atoms with van der Waals surface area (Å²) in [6.07, 6.45) is -1.01. The summed E-state index contributed by atoms with van der Waals surface area (Å²) in [5.74, 6) is 0. The van der Waals surface area contributed by atoms with Gasteiger partial charge in [-0.05, 0) is 31.0 Å². The van der Waals surface area contributed by atoms with Crippen molar-refractivity contribution in [2.45, 2.75) is 37.9 Å². The lowest BCUT2D eigenvalue weighted by atomic mass is 10.1. The minimum Gasteiger partial charge on any atom is -0.399 e. The van der Waals surface area contributed by atoms with E-state index in [9.17, 15) is 18.3 Å². The summed E-state index contributed by atoms with van der Waals surface area (Å²) in [4.78, 5) is 1.68. The fraction of sp³-hybridized carbons (Fsp3) is 0.571. The Hall–Kier alpha value is -1.43. The Morgan fingerprint density at radius 1 is 1.25 bits per heavy atom. The van der Waals surface area contributed by atoms with Crippen molar-refractivity contribution in [3.8, 4) is 0 Å². The number of rotatable bonds is 2. The number of hydrogen-bond acceptors (Lipinski definition) is 3. The van der Waals surface area contributed by atoms with E-state index >= 15 is 0 Å². The van der Waals surface area contributed by atoms with Gasteiger partial charge in [-0.2, -0.15) is 13.2 Å². The molecule has 1 saturated heterocycles. The van der Waals surface area contributed by atoms with E-state index in [0.717, 1.165) is 25.3 Å². The molecule has 0 aromatic heterocycles. The molecular formula is C14H19F3N2O. The Bertz CT molecular complexity index is 462. The summed E-state index contributed by atoms with van der Waals surface area (Å²) in [6.45, 7) is 0.389. The van der Waals surface area contributed by atoms with Crippen LogP contribution in [0.5, 0.6) is 0 Å². The molecule has 20 heavy (non-hydrogen) atoms. The molecule has 6 heteroatoms. The molecule has 0 amide bonds. The Morgan fingerprint density at radius 3 is 2.65 bits per heavy atom. The van der Waals surface area contributed by atoms with Gasteiger partial charge in [0.1, 0.15) is 0 Å². The van der Waals surface area contributed by atoms with E-state index in [1.165, 1.54) is 12.1 Å². The highest BCUT2D eigenvalue weighted by molar-refractivity contribution is 5.61. The molecule has 1 aliphatic rings. The van der Waals surface area contributed by atoms with Crippen LogP contribution in [-0.4, -0.2) is 24.3 Å². The molecular weight excluding hydrogens is 269 g/mol. The van der Waals surface area contributed by atoms with Crippen LogP contribution >= 0.6 is 0 Å². The number of nitrogen functional groups attached to an aromatic ring is 1. The van der Waals surface area contributed by atoms with Crippen molar-refractivity contribution in [3.63, 3.8) is 0 Å². The van der Waals surface area contributed by atoms with Crippen molar-refractivity contribution in [1.82, 2.24) is 0 Å². The van der Waals surface area contributed by atoms with Gasteiger partial charge in [0.05, 0.1) is 18.2 Å². The lowest BCUT2D eigenvalue weighted by Gasteiger charge is -2.33. The van der Waals surface area contributed by atoms with E-state index in [4.69, 9.17) is 5.73 Å². The van der Waals surface area contributed by atoms with Crippen LogP contribution in [0.25, 0.3) is 0 Å². The first kappa shape index (κ1) is 15.0. The number of aliphatic hydroxyl groups is 1. The maximum absolute atomic E-state index is 13.2. The zero-order chi connectivity index (χ0) is 14.8. The summed E-state index contributed by atoms with van der Waals surface area (Å²) in [5.41, 5.74) is 4.97. The quantitative estimate of drug-likeness (QED) is 0.822. The molecule has 0 saturated carbocycles. The first-order valence-electron chi connectivity index (χ1n) is 6.77. The van der Waals surface area contributed by atoms with Gasteiger partial charge in [0.2, 0.25) is 0 Å². The maximum atomic E-state index is 13.2. The highest BCUT2D eigenvalue weighted by Crippen LogP contribution is 2.39. The third kappa shape index (κ3) is 3.17. The van der Waals surface area contributed by atoms with Crippen LogP contribution in [0.2, 0.25) is 0 Å². The zero-order valence-electron chi connectivity index (χ0n) is 11.2. The minimum absolute atomic E-state index is 0.0939. The number of halogens is 3. The second-order valence-electron chi connectivity index (χ2n) is 5.15. The normalized spacial score (nSPS) is 20.8. The number of anilines is 2.